The molecule has 0 aliphatic carbocycles. The van der Waals surface area contributed by atoms with Crippen LogP contribution in [-0.4, -0.2) is 17.6 Å². The van der Waals surface area contributed by atoms with Crippen molar-refractivity contribution in [3.63, 3.8) is 0 Å². The molecule has 0 aliphatic heterocycles. The van der Waals surface area contributed by atoms with Gasteiger partial charge in [0.25, 0.3) is 0 Å². The van der Waals surface area contributed by atoms with E-state index in [1.54, 1.807) is 0 Å². The predicted octanol–water partition coefficient (Wildman–Crippen LogP) is 3.91. The number of hydrogen-bond acceptors (Lipinski definition) is 2. The second kappa shape index (κ2) is 6.78. The first kappa shape index (κ1) is 12.4. The van der Waals surface area contributed by atoms with Crippen LogP contribution in [0.4, 0.5) is 0 Å². The summed E-state index contributed by atoms with van der Waals surface area (Å²) in [6, 6.07) is 8.22. The summed E-state index contributed by atoms with van der Waals surface area (Å²) in [5.41, 5.74) is 1.25. The molecule has 0 fully saturated rings. The maximum Gasteiger partial charge on any atom is 0.119 e. The Kier molecular flexibility index (Phi) is 5.62. The molecule has 0 spiro atoms. The fraction of sp³-hybridized carbons (Fsp3) is 0.538. The Morgan fingerprint density at radius 1 is 1.33 bits per heavy atom. The Hall–Kier alpha value is -0.630. The minimum atomic E-state index is 0.726. The van der Waals surface area contributed by atoms with Gasteiger partial charge in [-0.05, 0) is 42.0 Å². The number of rotatable bonds is 6. The van der Waals surface area contributed by atoms with E-state index in [4.69, 9.17) is 4.74 Å². The highest BCUT2D eigenvalue weighted by Gasteiger charge is 1.96. The summed E-state index contributed by atoms with van der Waals surface area (Å²) in [7, 11) is 0. The van der Waals surface area contributed by atoms with Gasteiger partial charge in [-0.15, -0.1) is 0 Å². The molecular weight excluding hydrogens is 204 g/mol. The van der Waals surface area contributed by atoms with E-state index in [1.165, 1.54) is 11.3 Å². The number of aryl methyl sites for hydroxylation is 1. The van der Waals surface area contributed by atoms with Crippen LogP contribution in [0, 0.1) is 6.92 Å². The summed E-state index contributed by atoms with van der Waals surface area (Å²) >= 11 is 1.99. The van der Waals surface area contributed by atoms with E-state index in [9.17, 15) is 0 Å². The molecule has 0 amide bonds. The Balaban J connectivity index is 2.15. The Bertz CT molecular complexity index is 284. The van der Waals surface area contributed by atoms with Crippen molar-refractivity contribution in [2.24, 2.45) is 0 Å². The molecule has 1 aromatic rings. The fourth-order valence-corrected chi connectivity index (χ4v) is 2.03. The van der Waals surface area contributed by atoms with Crippen LogP contribution >= 0.6 is 11.8 Å². The second-order valence-corrected chi connectivity index (χ2v) is 5.62. The first-order valence-corrected chi connectivity index (χ1v) is 6.54. The minimum Gasteiger partial charge on any atom is -0.494 e. The molecule has 15 heavy (non-hydrogen) atoms. The highest BCUT2D eigenvalue weighted by molar-refractivity contribution is 7.99. The van der Waals surface area contributed by atoms with Gasteiger partial charge in [0.1, 0.15) is 5.75 Å². The molecule has 0 saturated carbocycles. The average molecular weight is 224 g/mol. The summed E-state index contributed by atoms with van der Waals surface area (Å²) < 4.78 is 5.66. The largest absolute Gasteiger partial charge is 0.494 e. The predicted molar refractivity (Wildman–Crippen MR) is 68.9 cm³/mol. The van der Waals surface area contributed by atoms with Crippen LogP contribution in [0.5, 0.6) is 5.75 Å². The molecule has 0 heterocycles. The van der Waals surface area contributed by atoms with Gasteiger partial charge in [-0.3, -0.25) is 0 Å². The molecule has 84 valence electrons. The van der Waals surface area contributed by atoms with Crippen LogP contribution in [0.3, 0.4) is 0 Å². The number of thioether (sulfide) groups is 1. The molecule has 1 nitrogen and oxygen atoms in total. The summed E-state index contributed by atoms with van der Waals surface area (Å²) in [6.07, 6.45) is 1.12. The highest BCUT2D eigenvalue weighted by Crippen LogP contribution is 2.14. The van der Waals surface area contributed by atoms with Gasteiger partial charge in [-0.2, -0.15) is 11.8 Å². The van der Waals surface area contributed by atoms with Gasteiger partial charge < -0.3 is 4.74 Å². The smallest absolute Gasteiger partial charge is 0.119 e. The average Bonchev–Trinajstić information content (AvgIpc) is 2.17. The topological polar surface area (TPSA) is 9.23 Å². The summed E-state index contributed by atoms with van der Waals surface area (Å²) in [5, 5.41) is 0.726. The molecule has 2 heteroatoms. The lowest BCUT2D eigenvalue weighted by atomic mass is 10.2. The quantitative estimate of drug-likeness (QED) is 0.678. The van der Waals surface area contributed by atoms with E-state index >= 15 is 0 Å². The Labute approximate surface area is 97.2 Å². The van der Waals surface area contributed by atoms with Gasteiger partial charge in [-0.1, -0.05) is 26.0 Å². The third-order valence-corrected chi connectivity index (χ3v) is 3.19. The number of ether oxygens (including phenoxy) is 1. The first-order chi connectivity index (χ1) is 7.18. The molecule has 0 saturated heterocycles. The second-order valence-electron chi connectivity index (χ2n) is 3.94. The molecule has 0 unspecified atom stereocenters. The normalized spacial score (nSPS) is 10.7. The van der Waals surface area contributed by atoms with E-state index in [0.717, 1.165) is 24.0 Å². The fourth-order valence-electron chi connectivity index (χ4n) is 1.27. The van der Waals surface area contributed by atoms with Gasteiger partial charge >= 0.3 is 0 Å². The Morgan fingerprint density at radius 3 is 2.80 bits per heavy atom. The van der Waals surface area contributed by atoms with Gasteiger partial charge in [0.15, 0.2) is 0 Å². The lowest BCUT2D eigenvalue weighted by Crippen LogP contribution is -2.00. The van der Waals surface area contributed by atoms with E-state index in [0.29, 0.717) is 0 Å². The van der Waals surface area contributed by atoms with E-state index in [-0.39, 0.29) is 0 Å². The number of hydrogen-bond donors (Lipinski definition) is 0. The molecular formula is C13H20OS. The molecule has 0 aromatic heterocycles. The SMILES string of the molecule is Cc1cccc(OCCCSC(C)C)c1. The molecule has 0 radical (unpaired) electrons. The lowest BCUT2D eigenvalue weighted by Gasteiger charge is -2.07. The number of benzene rings is 1. The van der Waals surface area contributed by atoms with Crippen molar-refractivity contribution in [2.75, 3.05) is 12.4 Å². The van der Waals surface area contributed by atoms with Gasteiger partial charge in [0.2, 0.25) is 0 Å². The van der Waals surface area contributed by atoms with Crippen LogP contribution in [0.2, 0.25) is 0 Å². The standard InChI is InChI=1S/C13H20OS/c1-11(2)15-9-5-8-14-13-7-4-6-12(3)10-13/h4,6-7,10-11H,5,8-9H2,1-3H3. The monoisotopic (exact) mass is 224 g/mol. The molecule has 0 bridgehead atoms. The van der Waals surface area contributed by atoms with E-state index in [2.05, 4.69) is 32.9 Å². The summed E-state index contributed by atoms with van der Waals surface area (Å²) in [5.74, 6) is 2.17. The molecule has 0 aliphatic rings. The Morgan fingerprint density at radius 2 is 2.13 bits per heavy atom. The zero-order valence-electron chi connectivity index (χ0n) is 9.82. The zero-order chi connectivity index (χ0) is 11.1. The lowest BCUT2D eigenvalue weighted by molar-refractivity contribution is 0.318. The van der Waals surface area contributed by atoms with Crippen LogP contribution in [0.15, 0.2) is 24.3 Å². The third kappa shape index (κ3) is 5.73. The zero-order valence-corrected chi connectivity index (χ0v) is 10.6. The molecule has 1 rings (SSSR count). The van der Waals surface area contributed by atoms with Crippen LogP contribution < -0.4 is 4.74 Å². The van der Waals surface area contributed by atoms with Crippen molar-refractivity contribution in [3.05, 3.63) is 29.8 Å². The van der Waals surface area contributed by atoms with Crippen LogP contribution in [0.1, 0.15) is 25.8 Å². The van der Waals surface area contributed by atoms with Crippen molar-refractivity contribution in [3.8, 4) is 5.75 Å². The van der Waals surface area contributed by atoms with Crippen molar-refractivity contribution in [2.45, 2.75) is 32.4 Å². The summed E-state index contributed by atoms with van der Waals surface area (Å²) in [6.45, 7) is 7.36. The van der Waals surface area contributed by atoms with Crippen LogP contribution in [0.25, 0.3) is 0 Å². The first-order valence-electron chi connectivity index (χ1n) is 5.49. The van der Waals surface area contributed by atoms with E-state index < -0.39 is 0 Å². The van der Waals surface area contributed by atoms with Gasteiger partial charge in [-0.25, -0.2) is 0 Å². The van der Waals surface area contributed by atoms with Crippen LogP contribution in [-0.2, 0) is 0 Å². The third-order valence-electron chi connectivity index (χ3n) is 2.00. The molecule has 0 atom stereocenters. The summed E-state index contributed by atoms with van der Waals surface area (Å²) in [4.78, 5) is 0. The minimum absolute atomic E-state index is 0.726. The van der Waals surface area contributed by atoms with E-state index in [1.807, 2.05) is 23.9 Å². The van der Waals surface area contributed by atoms with Gasteiger partial charge in [0.05, 0.1) is 6.61 Å². The molecule has 1 aromatic carbocycles. The highest BCUT2D eigenvalue weighted by atomic mass is 32.2. The maximum absolute atomic E-state index is 5.66. The van der Waals surface area contributed by atoms with Crippen molar-refractivity contribution in [1.82, 2.24) is 0 Å². The van der Waals surface area contributed by atoms with Gasteiger partial charge in [0, 0.05) is 0 Å². The molecule has 0 N–H and O–H groups in total. The van der Waals surface area contributed by atoms with Crippen molar-refractivity contribution >= 4 is 11.8 Å². The maximum atomic E-state index is 5.66. The van der Waals surface area contributed by atoms with Crippen molar-refractivity contribution < 1.29 is 4.74 Å². The van der Waals surface area contributed by atoms with Crippen molar-refractivity contribution in [1.29, 1.82) is 0 Å².